The number of pyridine rings is 2. The van der Waals surface area contributed by atoms with E-state index in [1.54, 1.807) is 30.3 Å². The third-order valence-corrected chi connectivity index (χ3v) is 4.54. The van der Waals surface area contributed by atoms with Crippen LogP contribution < -0.4 is 10.7 Å². The minimum absolute atomic E-state index is 0.206. The fourth-order valence-electron chi connectivity index (χ4n) is 3.09. The van der Waals surface area contributed by atoms with Crippen molar-refractivity contribution >= 4 is 22.5 Å². The topological polar surface area (TPSA) is 74.8 Å². The van der Waals surface area contributed by atoms with E-state index in [2.05, 4.69) is 15.3 Å². The molecule has 0 aliphatic rings. The summed E-state index contributed by atoms with van der Waals surface area (Å²) in [5.41, 5.74) is 0.180. The zero-order chi connectivity index (χ0) is 21.3. The van der Waals surface area contributed by atoms with Gasteiger partial charge >= 0.3 is 6.18 Å². The molecule has 2 aromatic heterocycles. The number of H-pyrrole nitrogens is 1. The van der Waals surface area contributed by atoms with Gasteiger partial charge in [0.25, 0.3) is 5.91 Å². The number of amides is 1. The molecule has 0 aliphatic heterocycles. The highest BCUT2D eigenvalue weighted by molar-refractivity contribution is 6.08. The Morgan fingerprint density at radius 2 is 1.80 bits per heavy atom. The molecule has 2 heterocycles. The lowest BCUT2D eigenvalue weighted by atomic mass is 10.1. The number of aromatic amines is 1. The third kappa shape index (κ3) is 3.80. The van der Waals surface area contributed by atoms with Gasteiger partial charge in [-0.05, 0) is 42.0 Å². The zero-order valence-corrected chi connectivity index (χ0v) is 15.3. The van der Waals surface area contributed by atoms with Gasteiger partial charge in [0.15, 0.2) is 5.43 Å². The van der Waals surface area contributed by atoms with Gasteiger partial charge < -0.3 is 10.3 Å². The monoisotopic (exact) mass is 409 g/mol. The first-order valence-corrected chi connectivity index (χ1v) is 8.88. The Labute approximate surface area is 168 Å². The number of carbonyl (C=O) groups excluding carboxylic acids is 1. The average molecular weight is 409 g/mol. The highest BCUT2D eigenvalue weighted by atomic mass is 19.4. The number of nitrogens with zero attached hydrogens (tertiary/aromatic N) is 1. The Balaban J connectivity index is 1.81. The number of para-hydroxylation sites is 1. The number of nitrogens with one attached hydrogen (secondary N) is 2. The van der Waals surface area contributed by atoms with Crippen molar-refractivity contribution in [1.82, 2.24) is 9.97 Å². The highest BCUT2D eigenvalue weighted by Crippen LogP contribution is 2.32. The normalized spacial score (nSPS) is 11.4. The van der Waals surface area contributed by atoms with Gasteiger partial charge in [-0.2, -0.15) is 13.2 Å². The second-order valence-corrected chi connectivity index (χ2v) is 6.55. The molecule has 0 aliphatic carbocycles. The molecule has 0 bridgehead atoms. The first-order chi connectivity index (χ1) is 14.3. The number of rotatable bonds is 3. The van der Waals surface area contributed by atoms with Crippen LogP contribution in [0, 0.1) is 0 Å². The van der Waals surface area contributed by atoms with Gasteiger partial charge in [-0.1, -0.05) is 18.2 Å². The van der Waals surface area contributed by atoms with Crippen LogP contribution in [0.4, 0.5) is 18.9 Å². The molecule has 2 aromatic carbocycles. The summed E-state index contributed by atoms with van der Waals surface area (Å²) in [5, 5.41) is 3.01. The van der Waals surface area contributed by atoms with Crippen molar-refractivity contribution in [2.24, 2.45) is 0 Å². The fraction of sp³-hybridized carbons (Fsp3) is 0.0455. The Morgan fingerprint density at radius 3 is 2.53 bits per heavy atom. The summed E-state index contributed by atoms with van der Waals surface area (Å²) in [6, 6.07) is 13.9. The van der Waals surface area contributed by atoms with Crippen molar-refractivity contribution in [1.29, 1.82) is 0 Å². The Kier molecular flexibility index (Phi) is 4.83. The molecule has 8 heteroatoms. The largest absolute Gasteiger partial charge is 0.416 e. The van der Waals surface area contributed by atoms with E-state index in [0.29, 0.717) is 22.2 Å². The molecular formula is C22H14F3N3O2. The molecule has 2 N–H and O–H groups in total. The number of fused-ring (bicyclic) bond motifs is 1. The predicted octanol–water partition coefficient (Wildman–Crippen LogP) is 4.86. The first kappa shape index (κ1) is 19.4. The van der Waals surface area contributed by atoms with Crippen molar-refractivity contribution in [3.05, 3.63) is 94.4 Å². The molecule has 0 saturated carbocycles. The zero-order valence-electron chi connectivity index (χ0n) is 15.3. The minimum atomic E-state index is -4.50. The number of carbonyl (C=O) groups is 1. The van der Waals surface area contributed by atoms with Crippen molar-refractivity contribution in [3.63, 3.8) is 0 Å². The number of anilines is 1. The quantitative estimate of drug-likeness (QED) is 0.507. The third-order valence-electron chi connectivity index (χ3n) is 4.54. The Hall–Kier alpha value is -3.94. The summed E-state index contributed by atoms with van der Waals surface area (Å²) in [6.45, 7) is 0. The van der Waals surface area contributed by atoms with Gasteiger partial charge in [0.05, 0.1) is 22.3 Å². The molecule has 30 heavy (non-hydrogen) atoms. The summed E-state index contributed by atoms with van der Waals surface area (Å²) >= 11 is 0. The van der Waals surface area contributed by atoms with Crippen LogP contribution in [-0.2, 0) is 6.18 Å². The van der Waals surface area contributed by atoms with E-state index in [-0.39, 0.29) is 16.7 Å². The average Bonchev–Trinajstić information content (AvgIpc) is 2.74. The van der Waals surface area contributed by atoms with Crippen LogP contribution in [-0.4, -0.2) is 15.9 Å². The molecule has 0 fully saturated rings. The highest BCUT2D eigenvalue weighted by Gasteiger charge is 2.30. The van der Waals surface area contributed by atoms with Gasteiger partial charge in [0.2, 0.25) is 0 Å². The molecule has 1 amide bonds. The van der Waals surface area contributed by atoms with Crippen molar-refractivity contribution in [3.8, 4) is 11.3 Å². The van der Waals surface area contributed by atoms with E-state index in [1.807, 2.05) is 0 Å². The summed E-state index contributed by atoms with van der Waals surface area (Å²) in [7, 11) is 0. The number of hydrogen-bond acceptors (Lipinski definition) is 3. The van der Waals surface area contributed by atoms with E-state index >= 15 is 0 Å². The lowest BCUT2D eigenvalue weighted by molar-refractivity contribution is -0.137. The van der Waals surface area contributed by atoms with Crippen LogP contribution in [0.15, 0.2) is 77.9 Å². The number of hydrogen-bond donors (Lipinski definition) is 2. The number of benzene rings is 2. The second-order valence-electron chi connectivity index (χ2n) is 6.55. The summed E-state index contributed by atoms with van der Waals surface area (Å²) in [4.78, 5) is 32.0. The molecule has 0 atom stereocenters. The molecule has 5 nitrogen and oxygen atoms in total. The van der Waals surface area contributed by atoms with Crippen LogP contribution in [0.3, 0.4) is 0 Å². The summed E-state index contributed by atoms with van der Waals surface area (Å²) < 4.78 is 39.2. The maximum Gasteiger partial charge on any atom is 0.416 e. The van der Waals surface area contributed by atoms with Gasteiger partial charge in [-0.25, -0.2) is 0 Å². The molecular weight excluding hydrogens is 395 g/mol. The lowest BCUT2D eigenvalue weighted by Crippen LogP contribution is -2.14. The molecule has 4 aromatic rings. The van der Waals surface area contributed by atoms with Gasteiger partial charge in [-0.15, -0.1) is 0 Å². The van der Waals surface area contributed by atoms with Crippen molar-refractivity contribution in [2.75, 3.05) is 5.32 Å². The first-order valence-electron chi connectivity index (χ1n) is 8.88. The lowest BCUT2D eigenvalue weighted by Gasteiger charge is -2.12. The molecule has 0 unspecified atom stereocenters. The standard InChI is InChI=1S/C22H14F3N3O2/c23-22(24,25)15-6-1-4-13(10-15)18-11-19(29)16-7-2-8-17(20(16)27-18)28-21(30)14-5-3-9-26-12-14/h1-12H,(H,27,29)(H,28,30). The van der Waals surface area contributed by atoms with Crippen molar-refractivity contribution < 1.29 is 18.0 Å². The van der Waals surface area contributed by atoms with E-state index in [1.165, 1.54) is 30.6 Å². The predicted molar refractivity (Wildman–Crippen MR) is 107 cm³/mol. The fourth-order valence-corrected chi connectivity index (χ4v) is 3.09. The smallest absolute Gasteiger partial charge is 0.353 e. The maximum atomic E-state index is 13.1. The maximum absolute atomic E-state index is 13.1. The Bertz CT molecular complexity index is 1300. The molecule has 4 rings (SSSR count). The minimum Gasteiger partial charge on any atom is -0.353 e. The Morgan fingerprint density at radius 1 is 1.00 bits per heavy atom. The van der Waals surface area contributed by atoms with Crippen LogP contribution in [0.1, 0.15) is 15.9 Å². The molecule has 0 radical (unpaired) electrons. The van der Waals surface area contributed by atoms with Gasteiger partial charge in [0, 0.05) is 29.5 Å². The van der Waals surface area contributed by atoms with Crippen LogP contribution in [0.25, 0.3) is 22.2 Å². The van der Waals surface area contributed by atoms with E-state index in [0.717, 1.165) is 12.1 Å². The van der Waals surface area contributed by atoms with E-state index in [9.17, 15) is 22.8 Å². The van der Waals surface area contributed by atoms with Gasteiger partial charge in [-0.3, -0.25) is 14.6 Å². The SMILES string of the molecule is O=C(Nc1cccc2c(=O)cc(-c3cccc(C(F)(F)F)c3)[nH]c12)c1cccnc1. The van der Waals surface area contributed by atoms with Crippen LogP contribution >= 0.6 is 0 Å². The van der Waals surface area contributed by atoms with Crippen LogP contribution in [0.5, 0.6) is 0 Å². The van der Waals surface area contributed by atoms with Crippen LogP contribution in [0.2, 0.25) is 0 Å². The second kappa shape index (κ2) is 7.47. The number of aromatic nitrogens is 2. The van der Waals surface area contributed by atoms with E-state index < -0.39 is 17.6 Å². The molecule has 0 saturated heterocycles. The van der Waals surface area contributed by atoms with Gasteiger partial charge in [0.1, 0.15) is 0 Å². The number of halogens is 3. The summed E-state index contributed by atoms with van der Waals surface area (Å²) in [5.74, 6) is -0.430. The summed E-state index contributed by atoms with van der Waals surface area (Å²) in [6.07, 6.45) is -1.57. The molecule has 0 spiro atoms. The van der Waals surface area contributed by atoms with Crippen molar-refractivity contribution in [2.45, 2.75) is 6.18 Å². The van der Waals surface area contributed by atoms with E-state index in [4.69, 9.17) is 0 Å². The molecule has 150 valence electrons. The number of alkyl halides is 3.